The van der Waals surface area contributed by atoms with Gasteiger partial charge < -0.3 is 20.4 Å². The normalized spacial score (nSPS) is 18.7. The maximum absolute atomic E-state index is 11.6. The molecule has 0 aliphatic carbocycles. The van der Waals surface area contributed by atoms with E-state index in [1.165, 1.54) is 4.90 Å². The van der Waals surface area contributed by atoms with Gasteiger partial charge in [-0.3, -0.25) is 0 Å². The van der Waals surface area contributed by atoms with E-state index in [1.807, 2.05) is 60.7 Å². The molecule has 0 aromatic heterocycles. The highest BCUT2D eigenvalue weighted by Gasteiger charge is 2.42. The molecule has 0 bridgehead atoms. The van der Waals surface area contributed by atoms with E-state index in [-0.39, 0.29) is 6.54 Å². The Labute approximate surface area is 135 Å². The highest BCUT2D eigenvalue weighted by Crippen LogP contribution is 2.34. The molecule has 2 aromatic carbocycles. The molecule has 1 atom stereocenters. The van der Waals surface area contributed by atoms with E-state index in [0.717, 1.165) is 11.1 Å². The van der Waals surface area contributed by atoms with Gasteiger partial charge in [-0.1, -0.05) is 60.7 Å². The van der Waals surface area contributed by atoms with Gasteiger partial charge in [0.2, 0.25) is 0 Å². The molecule has 1 fully saturated rings. The molecule has 3 rings (SSSR count). The van der Waals surface area contributed by atoms with E-state index in [1.54, 1.807) is 0 Å². The quantitative estimate of drug-likeness (QED) is 0.809. The molecule has 0 saturated carbocycles. The second kappa shape index (κ2) is 6.40. The Hall–Kier alpha value is -2.37. The van der Waals surface area contributed by atoms with E-state index in [2.05, 4.69) is 5.32 Å². The predicted molar refractivity (Wildman–Crippen MR) is 87.3 cm³/mol. The van der Waals surface area contributed by atoms with Crippen molar-refractivity contribution in [2.45, 2.75) is 11.6 Å². The molecule has 3 N–H and O–H groups in total. The van der Waals surface area contributed by atoms with Gasteiger partial charge in [-0.2, -0.15) is 0 Å². The number of hydrogen-bond donors (Lipinski definition) is 3. The van der Waals surface area contributed by atoms with Crippen molar-refractivity contribution in [1.29, 1.82) is 0 Å². The Balaban J connectivity index is 2.04. The van der Waals surface area contributed by atoms with E-state index in [9.17, 15) is 15.0 Å². The van der Waals surface area contributed by atoms with Crippen molar-refractivity contribution in [3.8, 4) is 0 Å². The maximum Gasteiger partial charge on any atom is 0.407 e. The van der Waals surface area contributed by atoms with E-state index < -0.39 is 17.7 Å². The Kier molecular flexibility index (Phi) is 4.32. The van der Waals surface area contributed by atoms with Gasteiger partial charge in [-0.15, -0.1) is 0 Å². The smallest absolute Gasteiger partial charge is 0.407 e. The van der Waals surface area contributed by atoms with Crippen LogP contribution in [0.5, 0.6) is 0 Å². The number of carbonyl (C=O) groups is 1. The highest BCUT2D eigenvalue weighted by atomic mass is 16.4. The lowest BCUT2D eigenvalue weighted by molar-refractivity contribution is 0.0108. The van der Waals surface area contributed by atoms with Crippen LogP contribution in [-0.4, -0.2) is 46.9 Å². The summed E-state index contributed by atoms with van der Waals surface area (Å²) < 4.78 is 0. The lowest BCUT2D eigenvalue weighted by atomic mass is 9.79. The van der Waals surface area contributed by atoms with E-state index in [4.69, 9.17) is 0 Å². The molecular formula is C18H20N2O3. The molecule has 1 saturated heterocycles. The van der Waals surface area contributed by atoms with Gasteiger partial charge in [0.1, 0.15) is 5.60 Å². The van der Waals surface area contributed by atoms with Gasteiger partial charge >= 0.3 is 6.09 Å². The second-order valence-corrected chi connectivity index (χ2v) is 5.73. The van der Waals surface area contributed by atoms with Gasteiger partial charge in [0.15, 0.2) is 0 Å². The van der Waals surface area contributed by atoms with Crippen molar-refractivity contribution in [2.75, 3.05) is 19.6 Å². The minimum absolute atomic E-state index is 0.232. The van der Waals surface area contributed by atoms with Crippen LogP contribution in [0.3, 0.4) is 0 Å². The summed E-state index contributed by atoms with van der Waals surface area (Å²) in [6.07, 6.45) is -0.958. The maximum atomic E-state index is 11.6. The monoisotopic (exact) mass is 312 g/mol. The first-order chi connectivity index (χ1) is 11.1. The second-order valence-electron chi connectivity index (χ2n) is 5.73. The third-order valence-corrected chi connectivity index (χ3v) is 4.38. The average Bonchev–Trinajstić information content (AvgIpc) is 2.62. The Morgan fingerprint density at radius 2 is 1.57 bits per heavy atom. The third-order valence-electron chi connectivity index (χ3n) is 4.38. The van der Waals surface area contributed by atoms with Gasteiger partial charge in [0.25, 0.3) is 0 Å². The fraction of sp³-hybridized carbons (Fsp3) is 0.278. The molecular weight excluding hydrogens is 292 g/mol. The third kappa shape index (κ3) is 2.93. The lowest BCUT2D eigenvalue weighted by Gasteiger charge is -2.42. The van der Waals surface area contributed by atoms with Crippen molar-refractivity contribution < 1.29 is 15.0 Å². The molecule has 0 radical (unpaired) electrons. The number of amides is 1. The molecule has 120 valence electrons. The zero-order valence-corrected chi connectivity index (χ0v) is 12.7. The van der Waals surface area contributed by atoms with Crippen molar-refractivity contribution in [2.24, 2.45) is 0 Å². The zero-order valence-electron chi connectivity index (χ0n) is 12.7. The minimum atomic E-state index is -1.30. The number of nitrogens with one attached hydrogen (secondary N) is 1. The Morgan fingerprint density at radius 1 is 1.04 bits per heavy atom. The number of carboxylic acid groups (broad SMARTS) is 1. The number of piperazine rings is 1. The molecule has 0 spiro atoms. The summed E-state index contributed by atoms with van der Waals surface area (Å²) in [6, 6.07) is 18.4. The van der Waals surface area contributed by atoms with Crippen LogP contribution < -0.4 is 5.32 Å². The van der Waals surface area contributed by atoms with Crippen molar-refractivity contribution in [1.82, 2.24) is 10.2 Å². The fourth-order valence-electron chi connectivity index (χ4n) is 3.16. The first-order valence-electron chi connectivity index (χ1n) is 7.67. The van der Waals surface area contributed by atoms with Crippen molar-refractivity contribution in [3.63, 3.8) is 0 Å². The molecule has 5 heteroatoms. The van der Waals surface area contributed by atoms with Crippen LogP contribution in [0.1, 0.15) is 11.1 Å². The molecule has 1 aliphatic heterocycles. The summed E-state index contributed by atoms with van der Waals surface area (Å²) in [5, 5.41) is 24.2. The highest BCUT2D eigenvalue weighted by molar-refractivity contribution is 5.65. The van der Waals surface area contributed by atoms with Crippen LogP contribution >= 0.6 is 0 Å². The van der Waals surface area contributed by atoms with Gasteiger partial charge in [-0.05, 0) is 11.1 Å². The average molecular weight is 312 g/mol. The van der Waals surface area contributed by atoms with Crippen LogP contribution in [0, 0.1) is 0 Å². The molecule has 23 heavy (non-hydrogen) atoms. The topological polar surface area (TPSA) is 72.8 Å². The zero-order chi connectivity index (χ0) is 16.3. The molecule has 1 aliphatic rings. The summed E-state index contributed by atoms with van der Waals surface area (Å²) >= 11 is 0. The number of aliphatic hydroxyl groups is 1. The fourth-order valence-corrected chi connectivity index (χ4v) is 3.16. The van der Waals surface area contributed by atoms with Crippen molar-refractivity contribution >= 4 is 6.09 Å². The van der Waals surface area contributed by atoms with E-state index >= 15 is 0 Å². The first-order valence-corrected chi connectivity index (χ1v) is 7.67. The SMILES string of the molecule is O=C(O)N1CCNC(C(O)(c2ccccc2)c2ccccc2)C1. The van der Waals surface area contributed by atoms with E-state index in [0.29, 0.717) is 13.1 Å². The number of nitrogens with zero attached hydrogens (tertiary/aromatic N) is 1. The Bertz CT molecular complexity index is 621. The van der Waals surface area contributed by atoms with Gasteiger partial charge in [0.05, 0.1) is 6.04 Å². The van der Waals surface area contributed by atoms with Crippen LogP contribution in [0.2, 0.25) is 0 Å². The van der Waals surface area contributed by atoms with Crippen LogP contribution in [-0.2, 0) is 5.60 Å². The lowest BCUT2D eigenvalue weighted by Crippen LogP contribution is -2.61. The summed E-state index contributed by atoms with van der Waals surface area (Å²) in [7, 11) is 0. The molecule has 5 nitrogen and oxygen atoms in total. The summed E-state index contributed by atoms with van der Waals surface area (Å²) in [6.45, 7) is 1.17. The van der Waals surface area contributed by atoms with Crippen LogP contribution in [0.25, 0.3) is 0 Å². The van der Waals surface area contributed by atoms with Gasteiger partial charge in [-0.25, -0.2) is 4.79 Å². The Morgan fingerprint density at radius 3 is 2.04 bits per heavy atom. The molecule has 1 amide bonds. The van der Waals surface area contributed by atoms with Gasteiger partial charge in [0, 0.05) is 19.6 Å². The molecule has 1 heterocycles. The summed E-state index contributed by atoms with van der Waals surface area (Å²) in [5.41, 5.74) is 0.197. The summed E-state index contributed by atoms with van der Waals surface area (Å²) in [4.78, 5) is 12.7. The summed E-state index contributed by atoms with van der Waals surface area (Å²) in [5.74, 6) is 0. The largest absolute Gasteiger partial charge is 0.465 e. The standard InChI is InChI=1S/C18H20N2O3/c21-17(22)20-12-11-19-16(13-20)18(23,14-7-3-1-4-8-14)15-9-5-2-6-10-15/h1-10,16,19,23H,11-13H2,(H,21,22). The minimum Gasteiger partial charge on any atom is -0.465 e. The van der Waals surface area contributed by atoms with Crippen LogP contribution in [0.15, 0.2) is 60.7 Å². The van der Waals surface area contributed by atoms with Crippen molar-refractivity contribution in [3.05, 3.63) is 71.8 Å². The molecule has 1 unspecified atom stereocenters. The number of hydrogen-bond acceptors (Lipinski definition) is 3. The molecule has 2 aromatic rings. The predicted octanol–water partition coefficient (Wildman–Crippen LogP) is 1.87. The number of benzene rings is 2. The van der Waals surface area contributed by atoms with Crippen LogP contribution in [0.4, 0.5) is 4.79 Å². The number of rotatable bonds is 3. The first kappa shape index (κ1) is 15.5.